The highest BCUT2D eigenvalue weighted by Crippen LogP contribution is 2.10. The first-order chi connectivity index (χ1) is 7.15. The topological polar surface area (TPSA) is 35.5 Å². The van der Waals surface area contributed by atoms with E-state index in [0.717, 1.165) is 30.3 Å². The van der Waals surface area contributed by atoms with E-state index in [1.807, 2.05) is 13.8 Å². The quantitative estimate of drug-likeness (QED) is 0.281. The summed E-state index contributed by atoms with van der Waals surface area (Å²) in [6, 6.07) is 0. The van der Waals surface area contributed by atoms with Gasteiger partial charge in [-0.3, -0.25) is 4.79 Å². The Morgan fingerprint density at radius 3 is 2.33 bits per heavy atom. The molecule has 0 bridgehead atoms. The van der Waals surface area contributed by atoms with Crippen LogP contribution < -0.4 is 0 Å². The Balaban J connectivity index is 4.05. The fraction of sp³-hybridized carbons (Fsp3) is 0.583. The van der Waals surface area contributed by atoms with E-state index < -0.39 is 0 Å². The molecule has 0 N–H and O–H groups in total. The molecule has 86 valence electrons. The molecule has 0 saturated heterocycles. The molecule has 0 saturated carbocycles. The molecule has 0 aromatic rings. The van der Waals surface area contributed by atoms with E-state index in [1.54, 1.807) is 20.3 Å². The van der Waals surface area contributed by atoms with Crippen LogP contribution >= 0.6 is 0 Å². The molecule has 0 spiro atoms. The van der Waals surface area contributed by atoms with Crippen LogP contribution in [0.4, 0.5) is 0 Å². The number of rotatable bonds is 7. The molecule has 0 fully saturated rings. The summed E-state index contributed by atoms with van der Waals surface area (Å²) in [6.07, 6.45) is 5.99. The largest absolute Gasteiger partial charge is 0.352 e. The van der Waals surface area contributed by atoms with E-state index in [9.17, 15) is 4.79 Å². The van der Waals surface area contributed by atoms with Gasteiger partial charge in [-0.15, -0.1) is 0 Å². The Bertz CT molecular complexity index is 237. The monoisotopic (exact) mass is 212 g/mol. The molecule has 0 aliphatic heterocycles. The van der Waals surface area contributed by atoms with Crippen molar-refractivity contribution in [3.8, 4) is 0 Å². The summed E-state index contributed by atoms with van der Waals surface area (Å²) in [6.45, 7) is 3.91. The van der Waals surface area contributed by atoms with E-state index in [0.29, 0.717) is 0 Å². The Morgan fingerprint density at radius 2 is 1.87 bits per heavy atom. The van der Waals surface area contributed by atoms with E-state index in [1.165, 1.54) is 0 Å². The van der Waals surface area contributed by atoms with Gasteiger partial charge in [-0.25, -0.2) is 0 Å². The van der Waals surface area contributed by atoms with Crippen LogP contribution in [0.25, 0.3) is 0 Å². The first kappa shape index (κ1) is 14.1. The van der Waals surface area contributed by atoms with E-state index >= 15 is 0 Å². The lowest BCUT2D eigenvalue weighted by Gasteiger charge is -2.13. The van der Waals surface area contributed by atoms with Crippen molar-refractivity contribution < 1.29 is 14.3 Å². The summed E-state index contributed by atoms with van der Waals surface area (Å²) in [4.78, 5) is 10.2. The zero-order valence-corrected chi connectivity index (χ0v) is 9.95. The fourth-order valence-corrected chi connectivity index (χ4v) is 1.29. The lowest BCUT2D eigenvalue weighted by Crippen LogP contribution is -2.14. The predicted molar refractivity (Wildman–Crippen MR) is 60.6 cm³/mol. The van der Waals surface area contributed by atoms with Crippen molar-refractivity contribution in [1.82, 2.24) is 0 Å². The molecule has 0 unspecified atom stereocenters. The molecule has 15 heavy (non-hydrogen) atoms. The van der Waals surface area contributed by atoms with Crippen LogP contribution in [0.5, 0.6) is 0 Å². The van der Waals surface area contributed by atoms with Gasteiger partial charge in [0, 0.05) is 14.2 Å². The minimum absolute atomic E-state index is 0.264. The molecule has 0 aliphatic carbocycles. The maximum atomic E-state index is 10.2. The van der Waals surface area contributed by atoms with Crippen LogP contribution in [0.3, 0.4) is 0 Å². The van der Waals surface area contributed by atoms with Crippen LogP contribution in [-0.4, -0.2) is 26.8 Å². The molecular weight excluding hydrogens is 192 g/mol. The number of hydrogen-bond donors (Lipinski definition) is 0. The highest BCUT2D eigenvalue weighted by Gasteiger charge is 2.05. The maximum absolute atomic E-state index is 10.2. The lowest BCUT2D eigenvalue weighted by atomic mass is 10.1. The highest BCUT2D eigenvalue weighted by atomic mass is 16.7. The summed E-state index contributed by atoms with van der Waals surface area (Å²) < 4.78 is 10.2. The minimum Gasteiger partial charge on any atom is -0.352 e. The number of methoxy groups -OCH3 is 2. The van der Waals surface area contributed by atoms with E-state index in [4.69, 9.17) is 9.47 Å². The van der Waals surface area contributed by atoms with Gasteiger partial charge in [0.15, 0.2) is 6.29 Å². The average molecular weight is 212 g/mol. The smallest absolute Gasteiger partial charge is 0.178 e. The second-order valence-electron chi connectivity index (χ2n) is 3.44. The molecule has 0 aliphatic rings. The van der Waals surface area contributed by atoms with Crippen molar-refractivity contribution in [2.45, 2.75) is 33.0 Å². The third-order valence-corrected chi connectivity index (χ3v) is 2.16. The van der Waals surface area contributed by atoms with Crippen molar-refractivity contribution in [1.29, 1.82) is 0 Å². The van der Waals surface area contributed by atoms with E-state index in [-0.39, 0.29) is 6.29 Å². The molecule has 0 atom stereocenters. The van der Waals surface area contributed by atoms with Crippen LogP contribution in [-0.2, 0) is 14.3 Å². The number of carbonyl (C=O) groups is 1. The van der Waals surface area contributed by atoms with Crippen molar-refractivity contribution in [3.05, 3.63) is 23.3 Å². The van der Waals surface area contributed by atoms with Crippen molar-refractivity contribution in [2.24, 2.45) is 0 Å². The highest BCUT2D eigenvalue weighted by molar-refractivity contribution is 5.65. The zero-order valence-electron chi connectivity index (χ0n) is 9.95. The van der Waals surface area contributed by atoms with Gasteiger partial charge in [0.2, 0.25) is 0 Å². The van der Waals surface area contributed by atoms with E-state index in [2.05, 4.69) is 6.08 Å². The molecule has 0 radical (unpaired) electrons. The first-order valence-corrected chi connectivity index (χ1v) is 4.98. The second kappa shape index (κ2) is 8.38. The van der Waals surface area contributed by atoms with Crippen LogP contribution in [0.15, 0.2) is 23.3 Å². The Labute approximate surface area is 91.8 Å². The van der Waals surface area contributed by atoms with Gasteiger partial charge in [-0.05, 0) is 38.3 Å². The van der Waals surface area contributed by atoms with Gasteiger partial charge < -0.3 is 9.47 Å². The standard InChI is InChI=1S/C12H20O3/c1-10(8-9-13)6-5-7-11(2)12(14-3)15-4/h7-9,12H,5-6H2,1-4H3/b10-8+,11-7-. The Hall–Kier alpha value is -0.930. The SMILES string of the molecule is COC(OC)/C(C)=C\CC/C(C)=C/C=O. The number of carbonyl (C=O) groups excluding carboxylic acids is 1. The number of aldehydes is 1. The maximum Gasteiger partial charge on any atom is 0.178 e. The van der Waals surface area contributed by atoms with Gasteiger partial charge in [-0.2, -0.15) is 0 Å². The van der Waals surface area contributed by atoms with Crippen molar-refractivity contribution in [2.75, 3.05) is 14.2 Å². The van der Waals surface area contributed by atoms with Gasteiger partial charge in [0.05, 0.1) is 0 Å². The average Bonchev–Trinajstić information content (AvgIpc) is 2.20. The molecular formula is C12H20O3. The van der Waals surface area contributed by atoms with Crippen LogP contribution in [0, 0.1) is 0 Å². The summed E-state index contributed by atoms with van der Waals surface area (Å²) >= 11 is 0. The van der Waals surface area contributed by atoms with Gasteiger partial charge in [-0.1, -0.05) is 11.6 Å². The lowest BCUT2D eigenvalue weighted by molar-refractivity contribution is -0.104. The fourth-order valence-electron chi connectivity index (χ4n) is 1.29. The predicted octanol–water partition coefficient (Wildman–Crippen LogP) is 2.48. The second-order valence-corrected chi connectivity index (χ2v) is 3.44. The minimum atomic E-state index is -0.264. The van der Waals surface area contributed by atoms with Crippen LogP contribution in [0.1, 0.15) is 26.7 Å². The molecule has 0 aromatic carbocycles. The molecule has 0 aromatic heterocycles. The summed E-state index contributed by atoms with van der Waals surface area (Å²) in [7, 11) is 3.23. The molecule has 0 rings (SSSR count). The summed E-state index contributed by atoms with van der Waals surface area (Å²) in [5.74, 6) is 0. The van der Waals surface area contributed by atoms with Crippen molar-refractivity contribution >= 4 is 6.29 Å². The van der Waals surface area contributed by atoms with Crippen LogP contribution in [0.2, 0.25) is 0 Å². The number of hydrogen-bond acceptors (Lipinski definition) is 3. The molecule has 0 heterocycles. The zero-order chi connectivity index (χ0) is 11.7. The van der Waals surface area contributed by atoms with Crippen molar-refractivity contribution in [3.63, 3.8) is 0 Å². The third-order valence-electron chi connectivity index (χ3n) is 2.16. The number of allylic oxidation sites excluding steroid dienone is 3. The van der Waals surface area contributed by atoms with Gasteiger partial charge in [0.1, 0.15) is 6.29 Å². The summed E-state index contributed by atoms with van der Waals surface area (Å²) in [5.41, 5.74) is 2.14. The van der Waals surface area contributed by atoms with Gasteiger partial charge in [0.25, 0.3) is 0 Å². The normalized spacial score (nSPS) is 13.4. The molecule has 0 amide bonds. The Kier molecular flexibility index (Phi) is 7.86. The van der Waals surface area contributed by atoms with Gasteiger partial charge >= 0.3 is 0 Å². The molecule has 3 nitrogen and oxygen atoms in total. The third kappa shape index (κ3) is 6.20. The first-order valence-electron chi connectivity index (χ1n) is 4.98. The summed E-state index contributed by atoms with van der Waals surface area (Å²) in [5, 5.41) is 0. The Morgan fingerprint density at radius 1 is 1.27 bits per heavy atom. The molecule has 3 heteroatoms. The number of ether oxygens (including phenoxy) is 2.